The molecule has 4 aromatic rings. The highest BCUT2D eigenvalue weighted by Crippen LogP contribution is 2.37. The molecule has 2 aromatic heterocycles. The van der Waals surface area contributed by atoms with Crippen molar-refractivity contribution in [3.05, 3.63) is 90.2 Å². The molecule has 0 radical (unpaired) electrons. The van der Waals surface area contributed by atoms with Crippen molar-refractivity contribution < 1.29 is 14.4 Å². The van der Waals surface area contributed by atoms with Crippen molar-refractivity contribution in [2.24, 2.45) is 5.10 Å². The number of rotatable bonds is 7. The first kappa shape index (κ1) is 25.8. The van der Waals surface area contributed by atoms with Crippen molar-refractivity contribution >= 4 is 45.4 Å². The van der Waals surface area contributed by atoms with Crippen LogP contribution in [0.2, 0.25) is 0 Å². The molecule has 0 saturated heterocycles. The molecule has 0 unspecified atom stereocenters. The molecular formula is C27H24IN5O5. The number of pyridine rings is 1. The Hall–Kier alpha value is -3.87. The van der Waals surface area contributed by atoms with E-state index in [1.165, 1.54) is 30.3 Å². The van der Waals surface area contributed by atoms with E-state index in [0.29, 0.717) is 37.4 Å². The molecular weight excluding hydrogens is 601 g/mol. The van der Waals surface area contributed by atoms with Crippen molar-refractivity contribution in [3.8, 4) is 17.4 Å². The number of nitro groups is 1. The number of methoxy groups -OCH3 is 1. The summed E-state index contributed by atoms with van der Waals surface area (Å²) in [6.45, 7) is 0. The number of nitrogens with zero attached hydrogens (tertiary/aromatic N) is 5. The fourth-order valence-corrected chi connectivity index (χ4v) is 5.30. The minimum atomic E-state index is -0.523. The lowest BCUT2D eigenvalue weighted by atomic mass is 9.88. The predicted octanol–water partition coefficient (Wildman–Crippen LogP) is 6.04. The smallest absolute Gasteiger partial charge is 0.287 e. The van der Waals surface area contributed by atoms with Gasteiger partial charge in [0.1, 0.15) is 12.0 Å². The van der Waals surface area contributed by atoms with Crippen LogP contribution in [0.3, 0.4) is 0 Å². The number of benzene rings is 2. The van der Waals surface area contributed by atoms with E-state index in [-0.39, 0.29) is 23.0 Å². The lowest BCUT2D eigenvalue weighted by Crippen LogP contribution is -2.25. The van der Waals surface area contributed by atoms with E-state index in [1.807, 2.05) is 24.3 Å². The highest BCUT2D eigenvalue weighted by molar-refractivity contribution is 14.1. The topological polar surface area (TPSA) is 122 Å². The second kappa shape index (κ2) is 11.3. The molecule has 0 spiro atoms. The van der Waals surface area contributed by atoms with Crippen molar-refractivity contribution in [1.29, 1.82) is 0 Å². The molecule has 38 heavy (non-hydrogen) atoms. The molecule has 0 atom stereocenters. The summed E-state index contributed by atoms with van der Waals surface area (Å²) in [5, 5.41) is 16.0. The van der Waals surface area contributed by atoms with Crippen LogP contribution in [-0.4, -0.2) is 32.9 Å². The Morgan fingerprint density at radius 1 is 1.16 bits per heavy atom. The highest BCUT2D eigenvalue weighted by Gasteiger charge is 2.22. The molecule has 0 bridgehead atoms. The van der Waals surface area contributed by atoms with Crippen molar-refractivity contribution in [3.63, 3.8) is 0 Å². The van der Waals surface area contributed by atoms with E-state index < -0.39 is 4.92 Å². The first-order valence-corrected chi connectivity index (χ1v) is 13.2. The zero-order valence-corrected chi connectivity index (χ0v) is 22.7. The summed E-state index contributed by atoms with van der Waals surface area (Å²) in [5.41, 5.74) is 1.06. The lowest BCUT2D eigenvalue weighted by Gasteiger charge is -2.22. The minimum Gasteiger partial charge on any atom is -0.493 e. The zero-order chi connectivity index (χ0) is 26.6. The molecule has 0 aliphatic heterocycles. The van der Waals surface area contributed by atoms with Gasteiger partial charge in [0.25, 0.3) is 11.2 Å². The molecule has 1 fully saturated rings. The summed E-state index contributed by atoms with van der Waals surface area (Å²) in [6, 6.07) is 13.7. The third-order valence-electron chi connectivity index (χ3n) is 6.46. The Kier molecular flexibility index (Phi) is 7.63. The molecule has 2 aromatic carbocycles. The van der Waals surface area contributed by atoms with Gasteiger partial charge in [-0.05, 0) is 65.3 Å². The van der Waals surface area contributed by atoms with Crippen LogP contribution in [0.25, 0.3) is 10.9 Å². The second-order valence-electron chi connectivity index (χ2n) is 8.93. The van der Waals surface area contributed by atoms with Crippen molar-refractivity contribution in [1.82, 2.24) is 14.6 Å². The van der Waals surface area contributed by atoms with E-state index in [1.54, 1.807) is 18.3 Å². The fourth-order valence-electron chi connectivity index (χ4n) is 4.56. The first-order valence-electron chi connectivity index (χ1n) is 12.2. The SMILES string of the molecule is COc1cc(C=Nn2c(C3CCCCC3)nc3ccccc3c2=O)cc(I)c1Oc1ccc([N+](=O)[O-])cn1. The number of hydrogen-bond acceptors (Lipinski definition) is 8. The quantitative estimate of drug-likeness (QED) is 0.106. The Morgan fingerprint density at radius 2 is 1.95 bits per heavy atom. The lowest BCUT2D eigenvalue weighted by molar-refractivity contribution is -0.385. The van der Waals surface area contributed by atoms with Crippen LogP contribution >= 0.6 is 22.6 Å². The van der Waals surface area contributed by atoms with Gasteiger partial charge in [-0.1, -0.05) is 31.4 Å². The Labute approximate surface area is 231 Å². The van der Waals surface area contributed by atoms with Gasteiger partial charge in [-0.2, -0.15) is 9.78 Å². The Morgan fingerprint density at radius 3 is 2.66 bits per heavy atom. The monoisotopic (exact) mass is 625 g/mol. The maximum Gasteiger partial charge on any atom is 0.287 e. The summed E-state index contributed by atoms with van der Waals surface area (Å²) in [6.07, 6.45) is 8.12. The molecule has 0 N–H and O–H groups in total. The fraction of sp³-hybridized carbons (Fsp3) is 0.259. The maximum atomic E-state index is 13.4. The maximum absolute atomic E-state index is 13.4. The minimum absolute atomic E-state index is 0.128. The van der Waals surface area contributed by atoms with E-state index in [4.69, 9.17) is 14.5 Å². The van der Waals surface area contributed by atoms with Gasteiger partial charge >= 0.3 is 0 Å². The number of hydrogen-bond donors (Lipinski definition) is 0. The summed E-state index contributed by atoms with van der Waals surface area (Å²) in [5.74, 6) is 1.90. The van der Waals surface area contributed by atoms with Crippen LogP contribution in [0.1, 0.15) is 49.4 Å². The van der Waals surface area contributed by atoms with Gasteiger partial charge < -0.3 is 9.47 Å². The van der Waals surface area contributed by atoms with E-state index in [9.17, 15) is 14.9 Å². The zero-order valence-electron chi connectivity index (χ0n) is 20.5. The number of aromatic nitrogens is 3. The average Bonchev–Trinajstić information content (AvgIpc) is 2.94. The Balaban J connectivity index is 1.50. The molecule has 5 rings (SSSR count). The number of ether oxygens (including phenoxy) is 2. The van der Waals surface area contributed by atoms with Crippen LogP contribution in [0.15, 0.2) is 64.6 Å². The molecule has 194 valence electrons. The number of para-hydroxylation sites is 1. The third-order valence-corrected chi connectivity index (χ3v) is 7.26. The van der Waals surface area contributed by atoms with E-state index in [0.717, 1.165) is 31.9 Å². The van der Waals surface area contributed by atoms with Crippen molar-refractivity contribution in [2.75, 3.05) is 7.11 Å². The van der Waals surface area contributed by atoms with Crippen molar-refractivity contribution in [2.45, 2.75) is 38.0 Å². The van der Waals surface area contributed by atoms with Gasteiger partial charge in [-0.3, -0.25) is 14.9 Å². The summed E-state index contributed by atoms with van der Waals surface area (Å²) >= 11 is 2.11. The summed E-state index contributed by atoms with van der Waals surface area (Å²) in [4.78, 5) is 32.7. The third kappa shape index (κ3) is 5.37. The standard InChI is InChI=1S/C27H24IN5O5/c1-37-23-14-17(13-21(28)25(23)38-24-12-11-19(16-29-24)33(35)36)15-30-32-26(18-7-3-2-4-8-18)31-22-10-6-5-9-20(22)27(32)34/h5-6,9-16,18H,2-4,7-8H2,1H3. The number of halogens is 1. The van der Waals surface area contributed by atoms with Gasteiger partial charge in [0.2, 0.25) is 5.88 Å². The van der Waals surface area contributed by atoms with Gasteiger partial charge in [0, 0.05) is 18.1 Å². The number of fused-ring (bicyclic) bond motifs is 1. The molecule has 1 saturated carbocycles. The highest BCUT2D eigenvalue weighted by atomic mass is 127. The van der Waals surface area contributed by atoms with Gasteiger partial charge in [-0.15, -0.1) is 0 Å². The molecule has 1 aliphatic rings. The van der Waals surface area contributed by atoms with Gasteiger partial charge in [0.05, 0.1) is 32.7 Å². The van der Waals surface area contributed by atoms with Crippen LogP contribution in [0, 0.1) is 13.7 Å². The average molecular weight is 625 g/mol. The first-order chi connectivity index (χ1) is 18.4. The van der Waals surface area contributed by atoms with Gasteiger partial charge in [0.15, 0.2) is 11.5 Å². The van der Waals surface area contributed by atoms with E-state index >= 15 is 0 Å². The van der Waals surface area contributed by atoms with Crippen LogP contribution in [-0.2, 0) is 0 Å². The van der Waals surface area contributed by atoms with Gasteiger partial charge in [-0.25, -0.2) is 9.97 Å². The second-order valence-corrected chi connectivity index (χ2v) is 10.1. The molecule has 11 heteroatoms. The van der Waals surface area contributed by atoms with E-state index in [2.05, 4.69) is 32.7 Å². The molecule has 1 aliphatic carbocycles. The molecule has 2 heterocycles. The summed E-state index contributed by atoms with van der Waals surface area (Å²) in [7, 11) is 1.52. The largest absolute Gasteiger partial charge is 0.493 e. The van der Waals surface area contributed by atoms with Crippen LogP contribution in [0.4, 0.5) is 5.69 Å². The van der Waals surface area contributed by atoms with Crippen LogP contribution < -0.4 is 15.0 Å². The Bertz CT molecular complexity index is 1580. The molecule has 0 amide bonds. The predicted molar refractivity (Wildman–Crippen MR) is 151 cm³/mol. The normalized spacial score (nSPS) is 14.2. The molecule has 10 nitrogen and oxygen atoms in total. The van der Waals surface area contributed by atoms with Crippen LogP contribution in [0.5, 0.6) is 17.4 Å². The summed E-state index contributed by atoms with van der Waals surface area (Å²) < 4.78 is 13.6.